The third-order valence-electron chi connectivity index (χ3n) is 6.94. The summed E-state index contributed by atoms with van der Waals surface area (Å²) in [5.74, 6) is -0.288. The molecule has 226 valence electrons. The first-order valence-corrected chi connectivity index (χ1v) is 14.7. The van der Waals surface area contributed by atoms with Crippen molar-refractivity contribution in [3.8, 4) is 0 Å². The van der Waals surface area contributed by atoms with Gasteiger partial charge in [0.05, 0.1) is 38.8 Å². The van der Waals surface area contributed by atoms with Gasteiger partial charge in [-0.25, -0.2) is 19.3 Å². The number of aromatic amines is 2. The van der Waals surface area contributed by atoms with Crippen molar-refractivity contribution in [1.82, 2.24) is 39.0 Å². The summed E-state index contributed by atoms with van der Waals surface area (Å²) >= 11 is 5.17. The van der Waals surface area contributed by atoms with E-state index in [0.29, 0.717) is 0 Å². The molecule has 4 aromatic rings. The number of rotatable bonds is 8. The van der Waals surface area contributed by atoms with Crippen molar-refractivity contribution in [2.45, 2.75) is 42.5 Å². The zero-order valence-corrected chi connectivity index (χ0v) is 22.8. The Morgan fingerprint density at radius 3 is 2.67 bits per heavy atom. The number of nitrogens with zero attached hydrogens (tertiary/aromatic N) is 6. The molecule has 2 aliphatic rings. The normalized spacial score (nSPS) is 31.3. The first-order chi connectivity index (χ1) is 20.0. The van der Waals surface area contributed by atoms with Gasteiger partial charge in [-0.1, -0.05) is 0 Å². The minimum atomic E-state index is -4.42. The van der Waals surface area contributed by atoms with Crippen LogP contribution in [0.2, 0.25) is 0 Å². The molecule has 0 bridgehead atoms. The molecule has 6 heterocycles. The van der Waals surface area contributed by atoms with E-state index in [-0.39, 0.29) is 28.3 Å². The summed E-state index contributed by atoms with van der Waals surface area (Å²) in [5.41, 5.74) is 1.87. The van der Waals surface area contributed by atoms with Crippen LogP contribution >= 0.6 is 6.72 Å². The van der Waals surface area contributed by atoms with Crippen molar-refractivity contribution in [3.05, 3.63) is 39.7 Å². The molecule has 8 N–H and O–H groups in total. The van der Waals surface area contributed by atoms with E-state index in [9.17, 15) is 29.8 Å². The van der Waals surface area contributed by atoms with Crippen LogP contribution in [0.25, 0.3) is 22.3 Å². The molecule has 6 rings (SSSR count). The van der Waals surface area contributed by atoms with E-state index in [4.69, 9.17) is 36.1 Å². The van der Waals surface area contributed by atoms with Crippen molar-refractivity contribution in [1.29, 1.82) is 0 Å². The monoisotopic (exact) mass is 631 g/mol. The summed E-state index contributed by atoms with van der Waals surface area (Å²) in [6.45, 7) is -6.28. The number of anilines is 1. The number of imidazole rings is 2. The highest BCUT2D eigenvalue weighted by atomic mass is 32.5. The van der Waals surface area contributed by atoms with Gasteiger partial charge in [0.15, 0.2) is 34.7 Å². The molecule has 0 saturated carbocycles. The molecule has 0 aliphatic carbocycles. The molecule has 2 fully saturated rings. The SMILES string of the molecule is Nc1nc2c(ncn2[C@@]2(OP(O)(=S)OC[C@H]3O[C@@H](n4cnc5c(=O)[nH]cnc54)[C@@H](F)[C@@H]3O)CO[C@H](CO)[C@H]2O)c(=O)[nH]1. The average Bonchev–Trinajstić information content (AvgIpc) is 3.70. The quantitative estimate of drug-likeness (QED) is 0.0960. The van der Waals surface area contributed by atoms with Crippen molar-refractivity contribution < 1.29 is 43.1 Å². The molecule has 4 aromatic heterocycles. The van der Waals surface area contributed by atoms with E-state index in [0.717, 1.165) is 28.1 Å². The highest BCUT2D eigenvalue weighted by molar-refractivity contribution is 8.07. The summed E-state index contributed by atoms with van der Waals surface area (Å²) in [6, 6.07) is 0. The first kappa shape index (κ1) is 28.9. The lowest BCUT2D eigenvalue weighted by Crippen LogP contribution is -2.48. The number of nitrogen functional groups attached to an aromatic ring is 1. The lowest BCUT2D eigenvalue weighted by molar-refractivity contribution is -0.102. The smallest absolute Gasteiger partial charge is 0.326 e. The maximum atomic E-state index is 15.1. The van der Waals surface area contributed by atoms with Crippen molar-refractivity contribution in [3.63, 3.8) is 0 Å². The summed E-state index contributed by atoms with van der Waals surface area (Å²) in [7, 11) is 0. The van der Waals surface area contributed by atoms with E-state index in [1.54, 1.807) is 0 Å². The number of aliphatic hydroxyl groups is 3. The number of aromatic nitrogens is 8. The maximum Gasteiger partial charge on any atom is 0.326 e. The fourth-order valence-electron chi connectivity index (χ4n) is 4.89. The molecule has 0 spiro atoms. The molecule has 42 heavy (non-hydrogen) atoms. The van der Waals surface area contributed by atoms with Gasteiger partial charge < -0.3 is 44.9 Å². The molecule has 2 aliphatic heterocycles. The number of hydrogen-bond donors (Lipinski definition) is 7. The minimum Gasteiger partial charge on any atom is -0.394 e. The third kappa shape index (κ3) is 4.63. The molecule has 1 unspecified atom stereocenters. The van der Waals surface area contributed by atoms with E-state index < -0.39 is 80.2 Å². The Morgan fingerprint density at radius 1 is 1.19 bits per heavy atom. The number of nitrogens with two attached hydrogens (primary N) is 1. The molecule has 0 aromatic carbocycles. The molecular formula is C20H23FN9O10PS. The van der Waals surface area contributed by atoms with Crippen LogP contribution in [0, 0.1) is 0 Å². The summed E-state index contributed by atoms with van der Waals surface area (Å²) < 4.78 is 39.6. The second kappa shape index (κ2) is 10.5. The molecular weight excluding hydrogens is 608 g/mol. The highest BCUT2D eigenvalue weighted by Gasteiger charge is 2.56. The fourth-order valence-corrected chi connectivity index (χ4v) is 6.50. The maximum absolute atomic E-state index is 15.1. The van der Waals surface area contributed by atoms with Crippen LogP contribution in [0.4, 0.5) is 10.3 Å². The Morgan fingerprint density at radius 2 is 1.93 bits per heavy atom. The van der Waals surface area contributed by atoms with Gasteiger partial charge in [-0.15, -0.1) is 0 Å². The second-order valence-corrected chi connectivity index (χ2v) is 12.2. The number of alkyl halides is 1. The summed E-state index contributed by atoms with van der Waals surface area (Å²) in [6.07, 6.45) is -6.25. The number of H-pyrrole nitrogens is 2. The largest absolute Gasteiger partial charge is 0.394 e. The van der Waals surface area contributed by atoms with Gasteiger partial charge in [-0.2, -0.15) is 4.98 Å². The number of fused-ring (bicyclic) bond motifs is 2. The van der Waals surface area contributed by atoms with Gasteiger partial charge in [-0.3, -0.25) is 28.2 Å². The van der Waals surface area contributed by atoms with Gasteiger partial charge in [-0.05, 0) is 11.8 Å². The van der Waals surface area contributed by atoms with E-state index in [2.05, 4.69) is 29.9 Å². The number of nitrogens with one attached hydrogen (secondary N) is 2. The number of hydrogen-bond acceptors (Lipinski definition) is 15. The topological polar surface area (TPSA) is 271 Å². The summed E-state index contributed by atoms with van der Waals surface area (Å²) in [4.78, 5) is 55.8. The van der Waals surface area contributed by atoms with Gasteiger partial charge in [0.1, 0.15) is 24.4 Å². The third-order valence-corrected chi connectivity index (χ3v) is 8.50. The second-order valence-electron chi connectivity index (χ2n) is 9.47. The van der Waals surface area contributed by atoms with Crippen LogP contribution in [0.5, 0.6) is 0 Å². The van der Waals surface area contributed by atoms with Crippen LogP contribution in [0.15, 0.2) is 28.6 Å². The molecule has 19 nitrogen and oxygen atoms in total. The van der Waals surface area contributed by atoms with Crippen LogP contribution < -0.4 is 16.9 Å². The Hall–Kier alpha value is -3.24. The Kier molecular flexibility index (Phi) is 7.20. The van der Waals surface area contributed by atoms with Gasteiger partial charge in [0.2, 0.25) is 11.7 Å². The highest BCUT2D eigenvalue weighted by Crippen LogP contribution is 2.53. The first-order valence-electron chi connectivity index (χ1n) is 12.2. The molecule has 22 heteroatoms. The van der Waals surface area contributed by atoms with Crippen molar-refractivity contribution >= 4 is 46.8 Å². The fraction of sp³-hybridized carbons (Fsp3) is 0.500. The van der Waals surface area contributed by atoms with Crippen molar-refractivity contribution in [2.24, 2.45) is 0 Å². The number of aliphatic hydroxyl groups excluding tert-OH is 3. The average molecular weight is 631 g/mol. The minimum absolute atomic E-state index is 0.00650. The zero-order chi connectivity index (χ0) is 30.0. The number of ether oxygens (including phenoxy) is 2. The summed E-state index contributed by atoms with van der Waals surface area (Å²) in [5, 5.41) is 31.3. The van der Waals surface area contributed by atoms with Crippen LogP contribution in [-0.4, -0.2) is 110 Å². The van der Waals surface area contributed by atoms with E-state index >= 15 is 4.39 Å². The predicted molar refractivity (Wildman–Crippen MR) is 140 cm³/mol. The Bertz CT molecular complexity index is 1820. The van der Waals surface area contributed by atoms with Crippen LogP contribution in [-0.2, 0) is 36.1 Å². The van der Waals surface area contributed by atoms with E-state index in [1.165, 1.54) is 0 Å². The van der Waals surface area contributed by atoms with Gasteiger partial charge in [0.25, 0.3) is 11.1 Å². The van der Waals surface area contributed by atoms with E-state index in [1.807, 2.05) is 0 Å². The Balaban J connectivity index is 1.25. The molecule has 0 amide bonds. The standard InChI is InChI=1S/C20H23FN9O10PS/c21-9-12(32)8(39-18(9)29-5-25-10-14(29)23-4-24-16(10)34)2-38-41(36,42)40-20(3-37-7(1-31)13(20)33)30-6-26-11-15(30)27-19(22)28-17(11)35/h4-9,12-13,18,31-33H,1-3H2,(H,36,42)(H,23,24,34)(H3,22,27,28,35)/t7-,8-,9+,12-,13-,18-,20-,41?/m1/s1. The lowest BCUT2D eigenvalue weighted by atomic mass is 10.1. The van der Waals surface area contributed by atoms with Crippen LogP contribution in [0.1, 0.15) is 6.23 Å². The van der Waals surface area contributed by atoms with Gasteiger partial charge >= 0.3 is 6.72 Å². The molecule has 8 atom stereocenters. The Labute approximate surface area is 236 Å². The van der Waals surface area contributed by atoms with Gasteiger partial charge in [0, 0.05) is 0 Å². The molecule has 2 saturated heterocycles. The molecule has 0 radical (unpaired) electrons. The van der Waals surface area contributed by atoms with Crippen LogP contribution in [0.3, 0.4) is 0 Å². The lowest BCUT2D eigenvalue weighted by Gasteiger charge is -2.35. The number of halogens is 1. The van der Waals surface area contributed by atoms with Crippen molar-refractivity contribution in [2.75, 3.05) is 25.6 Å². The zero-order valence-electron chi connectivity index (χ0n) is 21.0. The predicted octanol–water partition coefficient (Wildman–Crippen LogP) is -2.91.